The first kappa shape index (κ1) is 15.3. The molecular formula is C10H11F3N2O3S. The number of carbonyl (C=O) groups is 1. The molecule has 0 atom stereocenters. The standard InChI is InChI=1S/C10H11F3N2O3S/c1-19(17,18)8-5-3-2-4-7(8)15-9(16)14-6-10(11,12)13/h2-5H,6H2,1H3,(H2,14,15,16). The van der Waals surface area contributed by atoms with Gasteiger partial charge in [0.2, 0.25) is 0 Å². The highest BCUT2D eigenvalue weighted by atomic mass is 32.2. The van der Waals surface area contributed by atoms with E-state index in [1.54, 1.807) is 5.32 Å². The highest BCUT2D eigenvalue weighted by molar-refractivity contribution is 7.90. The molecule has 0 bridgehead atoms. The molecule has 1 rings (SSSR count). The van der Waals surface area contributed by atoms with Crippen LogP contribution in [0.15, 0.2) is 29.2 Å². The number of anilines is 1. The summed E-state index contributed by atoms with van der Waals surface area (Å²) in [7, 11) is -3.59. The number of sulfone groups is 1. The van der Waals surface area contributed by atoms with E-state index < -0.39 is 28.6 Å². The Hall–Kier alpha value is -1.77. The molecule has 19 heavy (non-hydrogen) atoms. The number of nitrogens with one attached hydrogen (secondary N) is 2. The molecule has 0 aliphatic heterocycles. The molecule has 0 radical (unpaired) electrons. The van der Waals surface area contributed by atoms with Gasteiger partial charge in [0, 0.05) is 6.26 Å². The quantitative estimate of drug-likeness (QED) is 0.892. The van der Waals surface area contributed by atoms with E-state index in [0.29, 0.717) is 0 Å². The van der Waals surface area contributed by atoms with E-state index >= 15 is 0 Å². The largest absolute Gasteiger partial charge is 0.405 e. The third-order valence-electron chi connectivity index (χ3n) is 1.98. The minimum atomic E-state index is -4.53. The lowest BCUT2D eigenvalue weighted by molar-refractivity contribution is -0.122. The fourth-order valence-corrected chi connectivity index (χ4v) is 2.08. The highest BCUT2D eigenvalue weighted by Gasteiger charge is 2.27. The van der Waals surface area contributed by atoms with E-state index in [1.165, 1.54) is 24.3 Å². The summed E-state index contributed by atoms with van der Waals surface area (Å²) in [4.78, 5) is 11.1. The second-order valence-electron chi connectivity index (χ2n) is 3.69. The van der Waals surface area contributed by atoms with Gasteiger partial charge in [-0.15, -0.1) is 0 Å². The SMILES string of the molecule is CS(=O)(=O)c1ccccc1NC(=O)NCC(F)(F)F. The fourth-order valence-electron chi connectivity index (χ4n) is 1.24. The summed E-state index contributed by atoms with van der Waals surface area (Å²) in [5, 5.41) is 3.64. The first-order chi connectivity index (χ1) is 8.59. The van der Waals surface area contributed by atoms with Gasteiger partial charge in [0.25, 0.3) is 0 Å². The van der Waals surface area contributed by atoms with Crippen molar-refractivity contribution in [1.29, 1.82) is 0 Å². The monoisotopic (exact) mass is 296 g/mol. The molecule has 0 heterocycles. The average molecular weight is 296 g/mol. The second-order valence-corrected chi connectivity index (χ2v) is 5.68. The molecule has 5 nitrogen and oxygen atoms in total. The van der Waals surface area contributed by atoms with Crippen molar-refractivity contribution in [2.75, 3.05) is 18.1 Å². The molecule has 0 saturated heterocycles. The number of carbonyl (C=O) groups excluding carboxylic acids is 1. The van der Waals surface area contributed by atoms with Crippen molar-refractivity contribution in [2.45, 2.75) is 11.1 Å². The maximum Gasteiger partial charge on any atom is 0.405 e. The predicted octanol–water partition coefficient (Wildman–Crippen LogP) is 1.77. The molecule has 0 aromatic heterocycles. The summed E-state index contributed by atoms with van der Waals surface area (Å²) in [6, 6.07) is 4.29. The van der Waals surface area contributed by atoms with Gasteiger partial charge in [-0.3, -0.25) is 0 Å². The number of alkyl halides is 3. The van der Waals surface area contributed by atoms with Crippen molar-refractivity contribution in [2.24, 2.45) is 0 Å². The Bertz CT molecular complexity index is 570. The maximum atomic E-state index is 11.9. The van der Waals surface area contributed by atoms with Crippen molar-refractivity contribution < 1.29 is 26.4 Å². The van der Waals surface area contributed by atoms with Crippen LogP contribution in [0.2, 0.25) is 0 Å². The first-order valence-corrected chi connectivity index (χ1v) is 6.89. The Morgan fingerprint density at radius 3 is 2.37 bits per heavy atom. The number of rotatable bonds is 3. The zero-order chi connectivity index (χ0) is 14.7. The van der Waals surface area contributed by atoms with Gasteiger partial charge < -0.3 is 10.6 Å². The molecule has 0 aliphatic carbocycles. The molecule has 106 valence electrons. The number of urea groups is 1. The summed E-state index contributed by atoms with van der Waals surface area (Å²) >= 11 is 0. The molecule has 1 aromatic rings. The Balaban J connectivity index is 2.81. The van der Waals surface area contributed by atoms with E-state index in [2.05, 4.69) is 5.32 Å². The van der Waals surface area contributed by atoms with Crippen LogP contribution in [0.3, 0.4) is 0 Å². The molecule has 0 saturated carbocycles. The number of halogens is 3. The zero-order valence-corrected chi connectivity index (χ0v) is 10.6. The Kier molecular flexibility index (Phi) is 4.40. The molecule has 0 fully saturated rings. The number of hydrogen-bond acceptors (Lipinski definition) is 3. The van der Waals surface area contributed by atoms with Crippen LogP contribution in [0.4, 0.5) is 23.7 Å². The van der Waals surface area contributed by atoms with E-state index in [-0.39, 0.29) is 10.6 Å². The molecule has 2 amide bonds. The Labute approximate surface area is 107 Å². The topological polar surface area (TPSA) is 75.3 Å². The third-order valence-corrected chi connectivity index (χ3v) is 3.14. The van der Waals surface area contributed by atoms with Crippen molar-refractivity contribution >= 4 is 21.6 Å². The van der Waals surface area contributed by atoms with Crippen LogP contribution < -0.4 is 10.6 Å². The van der Waals surface area contributed by atoms with Gasteiger partial charge in [-0.1, -0.05) is 12.1 Å². The lowest BCUT2D eigenvalue weighted by Crippen LogP contribution is -2.36. The minimum Gasteiger partial charge on any atom is -0.329 e. The zero-order valence-electron chi connectivity index (χ0n) is 9.78. The third kappa shape index (κ3) is 5.16. The lowest BCUT2D eigenvalue weighted by Gasteiger charge is -2.12. The van der Waals surface area contributed by atoms with Crippen LogP contribution in [0, 0.1) is 0 Å². The molecule has 0 aliphatic rings. The fraction of sp³-hybridized carbons (Fsp3) is 0.300. The van der Waals surface area contributed by atoms with E-state index in [9.17, 15) is 26.4 Å². The highest BCUT2D eigenvalue weighted by Crippen LogP contribution is 2.20. The van der Waals surface area contributed by atoms with Crippen LogP contribution in [-0.4, -0.2) is 33.4 Å². The Morgan fingerprint density at radius 1 is 1.26 bits per heavy atom. The number of para-hydroxylation sites is 1. The van der Waals surface area contributed by atoms with E-state index in [0.717, 1.165) is 6.26 Å². The summed E-state index contributed by atoms with van der Waals surface area (Å²) in [6.07, 6.45) is -3.60. The van der Waals surface area contributed by atoms with Crippen LogP contribution in [0.1, 0.15) is 0 Å². The molecule has 9 heteroatoms. The molecular weight excluding hydrogens is 285 g/mol. The average Bonchev–Trinajstić information content (AvgIpc) is 2.25. The van der Waals surface area contributed by atoms with Crippen LogP contribution in [0.5, 0.6) is 0 Å². The summed E-state index contributed by atoms with van der Waals surface area (Å²) < 4.78 is 58.5. The maximum absolute atomic E-state index is 11.9. The van der Waals surface area contributed by atoms with Gasteiger partial charge in [0.1, 0.15) is 6.54 Å². The molecule has 2 N–H and O–H groups in total. The van der Waals surface area contributed by atoms with Crippen molar-refractivity contribution in [1.82, 2.24) is 5.32 Å². The Morgan fingerprint density at radius 2 is 1.84 bits per heavy atom. The van der Waals surface area contributed by atoms with Crippen molar-refractivity contribution in [3.05, 3.63) is 24.3 Å². The smallest absolute Gasteiger partial charge is 0.329 e. The summed E-state index contributed by atoms with van der Waals surface area (Å²) in [5.74, 6) is 0. The first-order valence-electron chi connectivity index (χ1n) is 5.00. The molecule has 1 aromatic carbocycles. The van der Waals surface area contributed by atoms with Gasteiger partial charge in [-0.05, 0) is 12.1 Å². The van der Waals surface area contributed by atoms with Gasteiger partial charge in [-0.25, -0.2) is 13.2 Å². The van der Waals surface area contributed by atoms with Crippen LogP contribution in [-0.2, 0) is 9.84 Å². The van der Waals surface area contributed by atoms with Crippen molar-refractivity contribution in [3.8, 4) is 0 Å². The van der Waals surface area contributed by atoms with Gasteiger partial charge >= 0.3 is 12.2 Å². The van der Waals surface area contributed by atoms with Crippen LogP contribution >= 0.6 is 0 Å². The van der Waals surface area contributed by atoms with Gasteiger partial charge in [0.05, 0.1) is 10.6 Å². The summed E-state index contributed by atoms with van der Waals surface area (Å²) in [5.41, 5.74) is -0.0790. The van der Waals surface area contributed by atoms with E-state index in [4.69, 9.17) is 0 Å². The van der Waals surface area contributed by atoms with Crippen LogP contribution in [0.25, 0.3) is 0 Å². The molecule has 0 unspecified atom stereocenters. The molecule has 0 spiro atoms. The number of hydrogen-bond donors (Lipinski definition) is 2. The lowest BCUT2D eigenvalue weighted by atomic mass is 10.3. The normalized spacial score (nSPS) is 12.0. The second kappa shape index (κ2) is 5.47. The van der Waals surface area contributed by atoms with Gasteiger partial charge in [0.15, 0.2) is 9.84 Å². The predicted molar refractivity (Wildman–Crippen MR) is 62.6 cm³/mol. The number of amides is 2. The van der Waals surface area contributed by atoms with Crippen molar-refractivity contribution in [3.63, 3.8) is 0 Å². The van der Waals surface area contributed by atoms with Gasteiger partial charge in [-0.2, -0.15) is 13.2 Å². The van der Waals surface area contributed by atoms with E-state index in [1.807, 2.05) is 0 Å². The minimum absolute atomic E-state index is 0.0790. The number of benzene rings is 1. The summed E-state index contributed by atoms with van der Waals surface area (Å²) in [6.45, 7) is -1.50.